The Morgan fingerprint density at radius 1 is 1.11 bits per heavy atom. The zero-order valence-electron chi connectivity index (χ0n) is 21.2. The lowest BCUT2D eigenvalue weighted by atomic mass is 9.98. The van der Waals surface area contributed by atoms with Crippen LogP contribution in [-0.2, 0) is 25.7 Å². The highest BCUT2D eigenvalue weighted by atomic mass is 17.2. The van der Waals surface area contributed by atoms with Gasteiger partial charge in [0.15, 0.2) is 12.0 Å². The number of aromatic nitrogens is 2. The fraction of sp³-hybridized carbons (Fsp3) is 0.560. The molecule has 3 N–H and O–H groups in total. The third-order valence-corrected chi connectivity index (χ3v) is 5.73. The molecule has 0 saturated carbocycles. The lowest BCUT2D eigenvalue weighted by Crippen LogP contribution is -2.59. The maximum Gasteiger partial charge on any atom is 0.256 e. The lowest BCUT2D eigenvalue weighted by molar-refractivity contribution is -0.300. The molecule has 1 aliphatic rings. The maximum atomic E-state index is 11.3. The van der Waals surface area contributed by atoms with E-state index in [1.807, 2.05) is 58.9 Å². The minimum atomic E-state index is -1.71. The molecule has 3 rings (SSSR count). The molecule has 11 heteroatoms. The topological polar surface area (TPSA) is 142 Å². The van der Waals surface area contributed by atoms with Crippen molar-refractivity contribution in [1.29, 1.82) is 0 Å². The van der Waals surface area contributed by atoms with Crippen molar-refractivity contribution in [2.75, 3.05) is 7.11 Å². The van der Waals surface area contributed by atoms with Crippen LogP contribution in [0.5, 0.6) is 11.6 Å². The second-order valence-corrected chi connectivity index (χ2v) is 9.13. The van der Waals surface area contributed by atoms with E-state index in [1.165, 1.54) is 5.94 Å². The first kappa shape index (κ1) is 27.7. The number of hydrogen-bond donors (Lipinski definition) is 3. The number of hydrogen-bond acceptors (Lipinski definition) is 10. The van der Waals surface area contributed by atoms with Crippen LogP contribution in [0.25, 0.3) is 0 Å². The van der Waals surface area contributed by atoms with Crippen molar-refractivity contribution < 1.29 is 44.1 Å². The third kappa shape index (κ3) is 6.07. The Morgan fingerprint density at radius 2 is 1.78 bits per heavy atom. The molecule has 1 aromatic heterocycles. The summed E-state index contributed by atoms with van der Waals surface area (Å²) in [4.78, 5) is 20.5. The van der Waals surface area contributed by atoms with E-state index in [9.17, 15) is 20.1 Å². The van der Waals surface area contributed by atoms with Crippen molar-refractivity contribution in [3.8, 4) is 11.6 Å². The van der Waals surface area contributed by atoms with Gasteiger partial charge in [0, 0.05) is 23.7 Å². The molecule has 0 unspecified atom stereocenters. The van der Waals surface area contributed by atoms with Crippen LogP contribution in [0.1, 0.15) is 50.6 Å². The van der Waals surface area contributed by atoms with Gasteiger partial charge in [0.25, 0.3) is 5.76 Å². The van der Waals surface area contributed by atoms with Gasteiger partial charge in [0.2, 0.25) is 12.2 Å². The SMILES string of the molecule is COOC(=C=O)[C@H]1O[C@@H](Oc2nn(C(C)C)c(C)c2Cc2ccc(OC(C)C)cc2)[C@H](O)[C@@H](O)[C@@H]1O. The van der Waals surface area contributed by atoms with Gasteiger partial charge in [0.1, 0.15) is 24.1 Å². The average Bonchev–Trinajstić information content (AvgIpc) is 3.14. The summed E-state index contributed by atoms with van der Waals surface area (Å²) in [6.45, 7) is 9.76. The van der Waals surface area contributed by atoms with Gasteiger partial charge in [-0.25, -0.2) is 4.79 Å². The van der Waals surface area contributed by atoms with E-state index in [2.05, 4.69) is 9.99 Å². The van der Waals surface area contributed by atoms with Crippen LogP contribution < -0.4 is 9.47 Å². The highest BCUT2D eigenvalue weighted by Gasteiger charge is 2.48. The highest BCUT2D eigenvalue weighted by molar-refractivity contribution is 5.51. The quantitative estimate of drug-likeness (QED) is 0.188. The summed E-state index contributed by atoms with van der Waals surface area (Å²) >= 11 is 0. The Labute approximate surface area is 209 Å². The molecule has 36 heavy (non-hydrogen) atoms. The molecule has 198 valence electrons. The highest BCUT2D eigenvalue weighted by Crippen LogP contribution is 2.32. The molecular formula is C25H34N2O9. The Hall–Kier alpha value is -2.92. The molecule has 11 nitrogen and oxygen atoms in total. The third-order valence-electron chi connectivity index (χ3n) is 5.73. The van der Waals surface area contributed by atoms with E-state index < -0.39 is 36.5 Å². The first-order chi connectivity index (χ1) is 17.1. The zero-order chi connectivity index (χ0) is 26.6. The van der Waals surface area contributed by atoms with Crippen LogP contribution in [0.3, 0.4) is 0 Å². The van der Waals surface area contributed by atoms with Crippen LogP contribution >= 0.6 is 0 Å². The Bertz CT molecular complexity index is 1060. The van der Waals surface area contributed by atoms with Crippen LogP contribution in [0.15, 0.2) is 30.0 Å². The average molecular weight is 507 g/mol. The van der Waals surface area contributed by atoms with Crippen molar-refractivity contribution >= 4 is 5.94 Å². The molecule has 1 aliphatic heterocycles. The van der Waals surface area contributed by atoms with Gasteiger partial charge in [-0.1, -0.05) is 12.1 Å². The fourth-order valence-corrected chi connectivity index (χ4v) is 3.97. The molecule has 0 bridgehead atoms. The van der Waals surface area contributed by atoms with Crippen molar-refractivity contribution in [1.82, 2.24) is 9.78 Å². The summed E-state index contributed by atoms with van der Waals surface area (Å²) in [5, 5.41) is 35.8. The summed E-state index contributed by atoms with van der Waals surface area (Å²) in [5.41, 5.74) is 2.56. The minimum Gasteiger partial charge on any atom is -0.491 e. The van der Waals surface area contributed by atoms with Gasteiger partial charge in [-0.3, -0.25) is 4.68 Å². The largest absolute Gasteiger partial charge is 0.491 e. The number of carbonyl (C=O) groups excluding carboxylic acids is 1. The van der Waals surface area contributed by atoms with E-state index >= 15 is 0 Å². The van der Waals surface area contributed by atoms with E-state index in [0.717, 1.165) is 29.7 Å². The molecule has 5 atom stereocenters. The number of aliphatic hydroxyl groups excluding tert-OH is 3. The molecule has 0 radical (unpaired) electrons. The predicted octanol–water partition coefficient (Wildman–Crippen LogP) is 1.63. The van der Waals surface area contributed by atoms with Crippen LogP contribution in [0, 0.1) is 6.92 Å². The van der Waals surface area contributed by atoms with Gasteiger partial charge in [-0.15, -0.1) is 5.10 Å². The minimum absolute atomic E-state index is 0.0139. The maximum absolute atomic E-state index is 11.3. The lowest BCUT2D eigenvalue weighted by Gasteiger charge is -2.39. The molecule has 0 amide bonds. The second kappa shape index (κ2) is 11.9. The zero-order valence-corrected chi connectivity index (χ0v) is 21.2. The standard InChI is InChI=1S/C25H34N2O9/c1-13(2)27-15(5)18(11-16-7-9-17(10-8-16)33-14(3)4)24(26-27)35-25-22(31)20(29)21(30)23(34-25)19(12-28)36-32-6/h7-10,13-14,20-23,25,29-31H,11H2,1-6H3/t20-,21-,22+,23+,25-/m0/s1. The van der Waals surface area contributed by atoms with Crippen molar-refractivity contribution in [3.05, 3.63) is 46.8 Å². The van der Waals surface area contributed by atoms with Crippen LogP contribution in [0.4, 0.5) is 0 Å². The monoisotopic (exact) mass is 506 g/mol. The molecular weight excluding hydrogens is 472 g/mol. The normalized spacial score (nSPS) is 24.0. The van der Waals surface area contributed by atoms with E-state index in [-0.39, 0.29) is 18.0 Å². The summed E-state index contributed by atoms with van der Waals surface area (Å²) in [6, 6.07) is 7.67. The molecule has 1 saturated heterocycles. The number of benzene rings is 1. The second-order valence-electron chi connectivity index (χ2n) is 9.13. The molecule has 0 spiro atoms. The van der Waals surface area contributed by atoms with E-state index in [4.69, 9.17) is 19.1 Å². The van der Waals surface area contributed by atoms with Crippen molar-refractivity contribution in [2.24, 2.45) is 0 Å². The summed E-state index contributed by atoms with van der Waals surface area (Å²) < 4.78 is 19.0. The van der Waals surface area contributed by atoms with Crippen molar-refractivity contribution in [3.63, 3.8) is 0 Å². The van der Waals surface area contributed by atoms with Crippen molar-refractivity contribution in [2.45, 2.75) is 83.9 Å². The molecule has 1 fully saturated rings. The molecule has 2 aromatic rings. The first-order valence-electron chi connectivity index (χ1n) is 11.7. The predicted molar refractivity (Wildman–Crippen MR) is 127 cm³/mol. The smallest absolute Gasteiger partial charge is 0.256 e. The number of aliphatic hydroxyl groups is 3. The summed E-state index contributed by atoms with van der Waals surface area (Å²) in [6.07, 6.45) is -7.49. The number of nitrogens with zero attached hydrogens (tertiary/aromatic N) is 2. The fourth-order valence-electron chi connectivity index (χ4n) is 3.97. The Kier molecular flexibility index (Phi) is 9.13. The van der Waals surface area contributed by atoms with Gasteiger partial charge < -0.3 is 34.4 Å². The van der Waals surface area contributed by atoms with Gasteiger partial charge in [-0.05, 0) is 52.3 Å². The number of ether oxygens (including phenoxy) is 3. The Balaban J connectivity index is 1.90. The Morgan fingerprint density at radius 3 is 2.33 bits per heavy atom. The van der Waals surface area contributed by atoms with Gasteiger partial charge in [-0.2, -0.15) is 4.89 Å². The molecule has 0 aliphatic carbocycles. The van der Waals surface area contributed by atoms with Crippen LogP contribution in [0.2, 0.25) is 0 Å². The molecule has 2 heterocycles. The van der Waals surface area contributed by atoms with Crippen LogP contribution in [-0.4, -0.2) is 75.0 Å². The number of rotatable bonds is 10. The van der Waals surface area contributed by atoms with Gasteiger partial charge in [0.05, 0.1) is 13.2 Å². The molecule has 1 aromatic carbocycles. The van der Waals surface area contributed by atoms with E-state index in [0.29, 0.717) is 6.42 Å². The van der Waals surface area contributed by atoms with Gasteiger partial charge >= 0.3 is 0 Å². The summed E-state index contributed by atoms with van der Waals surface area (Å²) in [7, 11) is 1.15. The summed E-state index contributed by atoms with van der Waals surface area (Å²) in [5.74, 6) is 1.86. The first-order valence-corrected chi connectivity index (χ1v) is 11.7. The van der Waals surface area contributed by atoms with E-state index in [1.54, 1.807) is 4.68 Å².